The Morgan fingerprint density at radius 1 is 0.967 bits per heavy atom. The molecule has 0 aliphatic rings. The van der Waals surface area contributed by atoms with Crippen LogP contribution in [-0.4, -0.2) is 51.4 Å². The number of likely N-dealkylation sites (N-methyl/N-ethyl adjacent to an activating group) is 1. The molecule has 0 aliphatic heterocycles. The van der Waals surface area contributed by atoms with Crippen LogP contribution >= 0.6 is 0 Å². The predicted molar refractivity (Wildman–Crippen MR) is 118 cm³/mol. The van der Waals surface area contributed by atoms with Crippen LogP contribution in [0.15, 0.2) is 54.6 Å². The van der Waals surface area contributed by atoms with E-state index in [9.17, 15) is 4.79 Å². The third-order valence-corrected chi connectivity index (χ3v) is 5.03. The van der Waals surface area contributed by atoms with Gasteiger partial charge in [0.1, 0.15) is 5.75 Å². The van der Waals surface area contributed by atoms with E-state index in [1.807, 2.05) is 48.5 Å². The third kappa shape index (κ3) is 4.71. The molecule has 156 valence electrons. The normalized spacial score (nSPS) is 10.5. The quantitative estimate of drug-likeness (QED) is 0.547. The molecule has 3 aromatic carbocycles. The molecule has 0 aliphatic carbocycles. The number of methoxy groups -OCH3 is 2. The van der Waals surface area contributed by atoms with E-state index in [2.05, 4.69) is 0 Å². The fourth-order valence-corrected chi connectivity index (χ4v) is 3.25. The Kier molecular flexibility index (Phi) is 6.91. The molecule has 0 heterocycles. The van der Waals surface area contributed by atoms with Crippen LogP contribution in [-0.2, 0) is 11.2 Å². The van der Waals surface area contributed by atoms with Gasteiger partial charge in [-0.15, -0.1) is 0 Å². The summed E-state index contributed by atoms with van der Waals surface area (Å²) in [5.41, 5.74) is 1.87. The molecule has 3 rings (SSSR count). The van der Waals surface area contributed by atoms with Gasteiger partial charge in [0.05, 0.1) is 14.2 Å². The number of ether oxygens (including phenoxy) is 3. The van der Waals surface area contributed by atoms with Crippen LogP contribution in [0.3, 0.4) is 0 Å². The molecule has 0 spiro atoms. The number of carbonyl (C=O) groups is 1. The van der Waals surface area contributed by atoms with Gasteiger partial charge in [0.15, 0.2) is 18.1 Å². The second-order valence-electron chi connectivity index (χ2n) is 6.89. The molecule has 0 saturated heterocycles. The Hall–Kier alpha value is -3.54. The van der Waals surface area contributed by atoms with Crippen LogP contribution < -0.4 is 14.2 Å². The van der Waals surface area contributed by atoms with Crippen LogP contribution in [0.25, 0.3) is 10.8 Å². The average Bonchev–Trinajstić information content (AvgIpc) is 2.80. The molecule has 0 radical (unpaired) electrons. The second kappa shape index (κ2) is 9.78. The molecule has 30 heavy (non-hydrogen) atoms. The van der Waals surface area contributed by atoms with Crippen LogP contribution in [0.4, 0.5) is 0 Å². The monoisotopic (exact) mass is 406 g/mol. The zero-order valence-corrected chi connectivity index (χ0v) is 17.5. The number of fused-ring (bicyclic) bond motifs is 1. The van der Waals surface area contributed by atoms with Crippen molar-refractivity contribution in [2.24, 2.45) is 0 Å². The molecule has 0 bridgehead atoms. The zero-order valence-electron chi connectivity index (χ0n) is 17.5. The first-order valence-corrected chi connectivity index (χ1v) is 9.67. The Bertz CT molecular complexity index is 1050. The molecule has 3 aromatic rings. The van der Waals surface area contributed by atoms with E-state index >= 15 is 0 Å². The topological polar surface area (TPSA) is 71.8 Å². The molecule has 0 aromatic heterocycles. The number of amides is 1. The summed E-state index contributed by atoms with van der Waals surface area (Å²) >= 11 is 0. The molecule has 0 atom stereocenters. The number of nitrogens with one attached hydrogen (secondary N) is 1. The van der Waals surface area contributed by atoms with Gasteiger partial charge in [-0.05, 0) is 41.6 Å². The van der Waals surface area contributed by atoms with Crippen LogP contribution in [0, 0.1) is 5.41 Å². The second-order valence-corrected chi connectivity index (χ2v) is 6.89. The number of benzene rings is 3. The first-order valence-electron chi connectivity index (χ1n) is 9.67. The van der Waals surface area contributed by atoms with Gasteiger partial charge in [0.2, 0.25) is 0 Å². The Morgan fingerprint density at radius 2 is 1.67 bits per heavy atom. The summed E-state index contributed by atoms with van der Waals surface area (Å²) in [7, 11) is 4.97. The fourth-order valence-electron chi connectivity index (χ4n) is 3.25. The molecule has 6 nitrogen and oxygen atoms in total. The highest BCUT2D eigenvalue weighted by Crippen LogP contribution is 2.29. The van der Waals surface area contributed by atoms with Crippen molar-refractivity contribution in [3.8, 4) is 17.2 Å². The van der Waals surface area contributed by atoms with Crippen LogP contribution in [0.2, 0.25) is 0 Å². The number of nitrogens with zero attached hydrogens (tertiary/aromatic N) is 1. The molecular weight excluding hydrogens is 380 g/mol. The van der Waals surface area contributed by atoms with E-state index in [0.717, 1.165) is 21.9 Å². The largest absolute Gasteiger partial charge is 0.493 e. The van der Waals surface area contributed by atoms with Gasteiger partial charge in [0.25, 0.3) is 5.91 Å². The highest BCUT2D eigenvalue weighted by molar-refractivity contribution is 6.01. The highest BCUT2D eigenvalue weighted by atomic mass is 16.5. The highest BCUT2D eigenvalue weighted by Gasteiger charge is 2.13. The van der Waals surface area contributed by atoms with E-state index in [-0.39, 0.29) is 12.5 Å². The average molecular weight is 406 g/mol. The summed E-state index contributed by atoms with van der Waals surface area (Å²) in [4.78, 5) is 14.2. The standard InChI is InChI=1S/C24H26N2O4/c1-26(13-12-17-8-10-22(28-2)23(14-17)29-3)24(27)16-30-21-11-9-18(15-25)19-6-4-5-7-20(19)21/h4-11,14-15,25H,12-13,16H2,1-3H3. The van der Waals surface area contributed by atoms with Crippen molar-refractivity contribution in [2.45, 2.75) is 6.42 Å². The minimum absolute atomic E-state index is 0.0453. The van der Waals surface area contributed by atoms with E-state index in [1.165, 1.54) is 6.21 Å². The van der Waals surface area contributed by atoms with Crippen molar-refractivity contribution in [1.82, 2.24) is 4.90 Å². The van der Waals surface area contributed by atoms with Crippen LogP contribution in [0.5, 0.6) is 17.2 Å². The predicted octanol–water partition coefficient (Wildman–Crippen LogP) is 3.93. The van der Waals surface area contributed by atoms with E-state index in [1.54, 1.807) is 32.2 Å². The van der Waals surface area contributed by atoms with E-state index in [0.29, 0.717) is 30.2 Å². The molecule has 6 heteroatoms. The number of rotatable bonds is 9. The minimum Gasteiger partial charge on any atom is -0.493 e. The Balaban J connectivity index is 1.60. The van der Waals surface area contributed by atoms with Gasteiger partial charge >= 0.3 is 0 Å². The lowest BCUT2D eigenvalue weighted by atomic mass is 10.0. The number of carbonyl (C=O) groups excluding carboxylic acids is 1. The first-order chi connectivity index (χ1) is 14.6. The summed E-state index contributed by atoms with van der Waals surface area (Å²) in [6.07, 6.45) is 2.01. The lowest BCUT2D eigenvalue weighted by molar-refractivity contribution is -0.132. The van der Waals surface area contributed by atoms with Gasteiger partial charge in [-0.1, -0.05) is 30.3 Å². The van der Waals surface area contributed by atoms with E-state index in [4.69, 9.17) is 19.6 Å². The fraction of sp³-hybridized carbons (Fsp3) is 0.250. The summed E-state index contributed by atoms with van der Waals surface area (Å²) in [5.74, 6) is 1.89. The summed E-state index contributed by atoms with van der Waals surface area (Å²) < 4.78 is 16.4. The van der Waals surface area contributed by atoms with Crippen molar-refractivity contribution < 1.29 is 19.0 Å². The Morgan fingerprint density at radius 3 is 2.37 bits per heavy atom. The van der Waals surface area contributed by atoms with Crippen molar-refractivity contribution in [3.63, 3.8) is 0 Å². The van der Waals surface area contributed by atoms with Gasteiger partial charge in [0, 0.05) is 30.8 Å². The molecular formula is C24H26N2O4. The first kappa shape index (κ1) is 21.2. The lowest BCUT2D eigenvalue weighted by Crippen LogP contribution is -2.33. The molecule has 0 fully saturated rings. The molecule has 1 amide bonds. The SMILES string of the molecule is COc1ccc(CCN(C)C(=O)COc2ccc(C=N)c3ccccc23)cc1OC. The van der Waals surface area contributed by atoms with Crippen molar-refractivity contribution >= 4 is 22.9 Å². The number of hydrogen-bond acceptors (Lipinski definition) is 5. The zero-order chi connectivity index (χ0) is 21.5. The number of hydrogen-bond donors (Lipinski definition) is 1. The van der Waals surface area contributed by atoms with Gasteiger partial charge in [-0.2, -0.15) is 0 Å². The van der Waals surface area contributed by atoms with Crippen molar-refractivity contribution in [1.29, 1.82) is 5.41 Å². The smallest absolute Gasteiger partial charge is 0.260 e. The molecule has 1 N–H and O–H groups in total. The maximum Gasteiger partial charge on any atom is 0.260 e. The van der Waals surface area contributed by atoms with E-state index < -0.39 is 0 Å². The minimum atomic E-state index is -0.101. The molecule has 0 unspecified atom stereocenters. The van der Waals surface area contributed by atoms with Crippen LogP contribution in [0.1, 0.15) is 11.1 Å². The van der Waals surface area contributed by atoms with Gasteiger partial charge in [-0.25, -0.2) is 0 Å². The van der Waals surface area contributed by atoms with Crippen molar-refractivity contribution in [2.75, 3.05) is 34.4 Å². The molecule has 0 saturated carbocycles. The Labute approximate surface area is 176 Å². The lowest BCUT2D eigenvalue weighted by Gasteiger charge is -2.18. The summed E-state index contributed by atoms with van der Waals surface area (Å²) in [6.45, 7) is 0.515. The maximum absolute atomic E-state index is 12.5. The summed E-state index contributed by atoms with van der Waals surface area (Å²) in [5, 5.41) is 9.36. The maximum atomic E-state index is 12.5. The van der Waals surface area contributed by atoms with Gasteiger partial charge in [-0.3, -0.25) is 4.79 Å². The third-order valence-electron chi connectivity index (χ3n) is 5.03. The summed E-state index contributed by atoms with van der Waals surface area (Å²) in [6, 6.07) is 17.1. The van der Waals surface area contributed by atoms with Gasteiger partial charge < -0.3 is 24.5 Å². The van der Waals surface area contributed by atoms with Crippen molar-refractivity contribution in [3.05, 3.63) is 65.7 Å².